The molecule has 0 bridgehead atoms. The SMILES string of the molecule is CC1(C)c2ccccc2-c2c(N(c3cc(-c4ccccc4)cc(-c4ccccc4)c3)c3ccccc3-c3cccc4sc5ccccc5c34)cccc21. The van der Waals surface area contributed by atoms with Crippen LogP contribution in [0.25, 0.3) is 64.7 Å². The Morgan fingerprint density at radius 2 is 0.962 bits per heavy atom. The quantitative estimate of drug-likeness (QED) is 0.167. The van der Waals surface area contributed by atoms with E-state index >= 15 is 0 Å². The molecule has 1 nitrogen and oxygen atoms in total. The van der Waals surface area contributed by atoms with Gasteiger partial charge in [-0.15, -0.1) is 11.3 Å². The second-order valence-electron chi connectivity index (χ2n) is 14.5. The number of nitrogens with zero attached hydrogens (tertiary/aromatic N) is 1. The van der Waals surface area contributed by atoms with Gasteiger partial charge in [0.15, 0.2) is 0 Å². The summed E-state index contributed by atoms with van der Waals surface area (Å²) in [6.45, 7) is 4.73. The molecule has 252 valence electrons. The number of hydrogen-bond acceptors (Lipinski definition) is 2. The fraction of sp³-hybridized carbons (Fsp3) is 0.0588. The average molecular weight is 696 g/mol. The molecule has 1 aliphatic carbocycles. The fourth-order valence-electron chi connectivity index (χ4n) is 8.56. The first-order valence-electron chi connectivity index (χ1n) is 18.4. The van der Waals surface area contributed by atoms with E-state index in [2.05, 4.69) is 207 Å². The monoisotopic (exact) mass is 695 g/mol. The third-order valence-electron chi connectivity index (χ3n) is 11.1. The summed E-state index contributed by atoms with van der Waals surface area (Å²) in [5.74, 6) is 0. The number of para-hydroxylation sites is 1. The number of thiophene rings is 1. The molecule has 53 heavy (non-hydrogen) atoms. The zero-order valence-corrected chi connectivity index (χ0v) is 30.6. The summed E-state index contributed by atoms with van der Waals surface area (Å²) >= 11 is 1.87. The van der Waals surface area contributed by atoms with Gasteiger partial charge in [0.05, 0.1) is 11.4 Å². The Kier molecular flexibility index (Phi) is 7.42. The first-order chi connectivity index (χ1) is 26.1. The standard InChI is InChI=1S/C51H37NS/c1-51(2)43-25-12-9-22-41(43)50-44(51)26-16-28-46(50)52(38-32-36(34-17-5-3-6-18-34)31-37(33-38)35-19-7-4-8-20-35)45-27-13-10-21-39(45)40-24-15-30-48-49(40)42-23-11-14-29-47(42)53-48/h3-33H,1-2H3. The molecule has 2 heteroatoms. The highest BCUT2D eigenvalue weighted by atomic mass is 32.1. The predicted octanol–water partition coefficient (Wildman–Crippen LogP) is 14.8. The van der Waals surface area contributed by atoms with Crippen molar-refractivity contribution >= 4 is 48.6 Å². The first-order valence-corrected chi connectivity index (χ1v) is 19.2. The highest BCUT2D eigenvalue weighted by Gasteiger charge is 2.38. The second-order valence-corrected chi connectivity index (χ2v) is 15.6. The highest BCUT2D eigenvalue weighted by Crippen LogP contribution is 2.55. The number of hydrogen-bond donors (Lipinski definition) is 0. The summed E-state index contributed by atoms with van der Waals surface area (Å²) in [7, 11) is 0. The second kappa shape index (κ2) is 12.5. The Hall–Kier alpha value is -6.22. The normalized spacial score (nSPS) is 12.9. The highest BCUT2D eigenvalue weighted by molar-refractivity contribution is 7.25. The van der Waals surface area contributed by atoms with Crippen molar-refractivity contribution in [1.29, 1.82) is 0 Å². The van der Waals surface area contributed by atoms with Crippen LogP contribution in [0.1, 0.15) is 25.0 Å². The molecule has 0 spiro atoms. The van der Waals surface area contributed by atoms with Crippen LogP contribution in [0, 0.1) is 0 Å². The molecule has 0 fully saturated rings. The number of fused-ring (bicyclic) bond motifs is 6. The van der Waals surface area contributed by atoms with Crippen LogP contribution in [0.2, 0.25) is 0 Å². The van der Waals surface area contributed by atoms with Crippen molar-refractivity contribution in [2.75, 3.05) is 4.90 Å². The van der Waals surface area contributed by atoms with Gasteiger partial charge in [-0.05, 0) is 87.0 Å². The van der Waals surface area contributed by atoms with Crippen LogP contribution >= 0.6 is 11.3 Å². The number of benzene rings is 8. The summed E-state index contributed by atoms with van der Waals surface area (Å²) in [4.78, 5) is 2.54. The maximum absolute atomic E-state index is 2.54. The van der Waals surface area contributed by atoms with Gasteiger partial charge in [0.1, 0.15) is 0 Å². The maximum atomic E-state index is 2.54. The minimum atomic E-state index is -0.130. The van der Waals surface area contributed by atoms with Crippen LogP contribution < -0.4 is 4.90 Å². The molecular weight excluding hydrogens is 659 g/mol. The van der Waals surface area contributed by atoms with Crippen molar-refractivity contribution in [1.82, 2.24) is 0 Å². The molecular formula is C51H37NS. The molecule has 0 saturated heterocycles. The van der Waals surface area contributed by atoms with E-state index in [9.17, 15) is 0 Å². The summed E-state index contributed by atoms with van der Waals surface area (Å²) < 4.78 is 2.62. The Morgan fingerprint density at radius 3 is 1.72 bits per heavy atom. The zero-order chi connectivity index (χ0) is 35.5. The van der Waals surface area contributed by atoms with E-state index in [-0.39, 0.29) is 5.41 Å². The lowest BCUT2D eigenvalue weighted by atomic mass is 9.82. The van der Waals surface area contributed by atoms with Crippen LogP contribution in [-0.2, 0) is 5.41 Å². The lowest BCUT2D eigenvalue weighted by Gasteiger charge is -2.31. The Morgan fingerprint density at radius 1 is 0.415 bits per heavy atom. The Bertz CT molecular complexity index is 2750. The molecule has 0 radical (unpaired) electrons. The van der Waals surface area contributed by atoms with Crippen molar-refractivity contribution < 1.29 is 0 Å². The third-order valence-corrected chi connectivity index (χ3v) is 12.2. The zero-order valence-electron chi connectivity index (χ0n) is 29.8. The van der Waals surface area contributed by atoms with E-state index in [4.69, 9.17) is 0 Å². The summed E-state index contributed by atoms with van der Waals surface area (Å²) in [6.07, 6.45) is 0. The molecule has 0 unspecified atom stereocenters. The van der Waals surface area contributed by atoms with E-state index in [1.807, 2.05) is 11.3 Å². The molecule has 10 rings (SSSR count). The van der Waals surface area contributed by atoms with Gasteiger partial charge in [-0.2, -0.15) is 0 Å². The van der Waals surface area contributed by atoms with Crippen LogP contribution in [0.4, 0.5) is 17.1 Å². The van der Waals surface area contributed by atoms with E-state index in [0.29, 0.717) is 0 Å². The molecule has 0 saturated carbocycles. The molecule has 0 atom stereocenters. The van der Waals surface area contributed by atoms with Gasteiger partial charge in [-0.25, -0.2) is 0 Å². The van der Waals surface area contributed by atoms with Crippen molar-refractivity contribution in [3.8, 4) is 44.5 Å². The van der Waals surface area contributed by atoms with Gasteiger partial charge in [-0.3, -0.25) is 0 Å². The van der Waals surface area contributed by atoms with Crippen molar-refractivity contribution in [3.05, 3.63) is 199 Å². The van der Waals surface area contributed by atoms with Crippen molar-refractivity contribution in [3.63, 3.8) is 0 Å². The van der Waals surface area contributed by atoms with Crippen molar-refractivity contribution in [2.45, 2.75) is 19.3 Å². The molecule has 0 N–H and O–H groups in total. The average Bonchev–Trinajstić information content (AvgIpc) is 3.71. The lowest BCUT2D eigenvalue weighted by Crippen LogP contribution is -2.16. The van der Waals surface area contributed by atoms with Gasteiger partial charge in [0.25, 0.3) is 0 Å². The topological polar surface area (TPSA) is 3.24 Å². The number of anilines is 3. The molecule has 0 amide bonds. The van der Waals surface area contributed by atoms with Gasteiger partial charge < -0.3 is 4.90 Å². The lowest BCUT2D eigenvalue weighted by molar-refractivity contribution is 0.660. The van der Waals surface area contributed by atoms with Gasteiger partial charge in [0, 0.05) is 42.4 Å². The van der Waals surface area contributed by atoms with E-state index < -0.39 is 0 Å². The fourth-order valence-corrected chi connectivity index (χ4v) is 9.69. The molecule has 1 heterocycles. The van der Waals surface area contributed by atoms with Crippen LogP contribution in [0.3, 0.4) is 0 Å². The van der Waals surface area contributed by atoms with Crippen LogP contribution in [0.5, 0.6) is 0 Å². The van der Waals surface area contributed by atoms with Gasteiger partial charge in [-0.1, -0.05) is 159 Å². The largest absolute Gasteiger partial charge is 0.309 e. The van der Waals surface area contributed by atoms with E-state index in [1.165, 1.54) is 81.5 Å². The van der Waals surface area contributed by atoms with Crippen molar-refractivity contribution in [2.24, 2.45) is 0 Å². The summed E-state index contributed by atoms with van der Waals surface area (Å²) in [6, 6.07) is 69.2. The smallest absolute Gasteiger partial charge is 0.0543 e. The van der Waals surface area contributed by atoms with Gasteiger partial charge >= 0.3 is 0 Å². The molecule has 1 aliphatic rings. The Balaban J connectivity index is 1.31. The minimum Gasteiger partial charge on any atom is -0.309 e. The molecule has 0 aliphatic heterocycles. The number of rotatable bonds is 6. The van der Waals surface area contributed by atoms with Crippen LogP contribution in [-0.4, -0.2) is 0 Å². The van der Waals surface area contributed by atoms with Crippen LogP contribution in [0.15, 0.2) is 188 Å². The van der Waals surface area contributed by atoms with E-state index in [0.717, 1.165) is 11.4 Å². The molecule has 8 aromatic carbocycles. The first kappa shape index (κ1) is 31.5. The molecule has 9 aromatic rings. The summed E-state index contributed by atoms with van der Waals surface area (Å²) in [5, 5.41) is 2.62. The van der Waals surface area contributed by atoms with Gasteiger partial charge in [0.2, 0.25) is 0 Å². The maximum Gasteiger partial charge on any atom is 0.0543 e. The van der Waals surface area contributed by atoms with E-state index in [1.54, 1.807) is 0 Å². The predicted molar refractivity (Wildman–Crippen MR) is 228 cm³/mol. The molecule has 1 aromatic heterocycles. The third kappa shape index (κ3) is 5.13. The Labute approximate surface area is 315 Å². The summed E-state index contributed by atoms with van der Waals surface area (Å²) in [5.41, 5.74) is 15.9. The minimum absolute atomic E-state index is 0.130.